The first-order valence-corrected chi connectivity index (χ1v) is 11.7. The van der Waals surface area contributed by atoms with E-state index < -0.39 is 10.0 Å². The number of aryl methyl sites for hydroxylation is 1. The molecule has 0 aliphatic carbocycles. The molecule has 0 saturated carbocycles. The van der Waals surface area contributed by atoms with Crippen LogP contribution in [0.15, 0.2) is 40.5 Å². The predicted octanol–water partition coefficient (Wildman–Crippen LogP) is 1.60. The number of benzene rings is 1. The minimum absolute atomic E-state index is 0.0937. The maximum atomic E-state index is 12.2. The Morgan fingerprint density at radius 2 is 2.10 bits per heavy atom. The van der Waals surface area contributed by atoms with Crippen LogP contribution in [0.4, 0.5) is 0 Å². The second-order valence-electron chi connectivity index (χ2n) is 5.77. The summed E-state index contributed by atoms with van der Waals surface area (Å²) in [4.78, 5) is 11.6. The molecular formula is C17H22ClN7O2S2. The Labute approximate surface area is 179 Å². The SMILES string of the molecule is Cc1[nH]cnc1CSCCNC(=NCCNS(=O)(=O)c1ccc(Cl)cc1)NC#N. The summed E-state index contributed by atoms with van der Waals surface area (Å²) in [5, 5.41) is 14.8. The first-order valence-electron chi connectivity index (χ1n) is 8.67. The van der Waals surface area contributed by atoms with Gasteiger partial charge in [-0.25, -0.2) is 18.1 Å². The van der Waals surface area contributed by atoms with E-state index >= 15 is 0 Å². The second kappa shape index (κ2) is 11.7. The van der Waals surface area contributed by atoms with Crippen molar-refractivity contribution < 1.29 is 8.42 Å². The van der Waals surface area contributed by atoms with Gasteiger partial charge < -0.3 is 10.3 Å². The molecule has 12 heteroatoms. The molecule has 29 heavy (non-hydrogen) atoms. The number of H-pyrrole nitrogens is 1. The van der Waals surface area contributed by atoms with E-state index in [9.17, 15) is 8.42 Å². The first kappa shape index (κ1) is 23.0. The minimum atomic E-state index is -3.63. The van der Waals surface area contributed by atoms with Crippen LogP contribution in [-0.2, 0) is 15.8 Å². The average Bonchev–Trinajstić information content (AvgIpc) is 3.10. The lowest BCUT2D eigenvalue weighted by Gasteiger charge is -2.09. The van der Waals surface area contributed by atoms with E-state index in [1.54, 1.807) is 18.1 Å². The molecule has 2 aromatic rings. The Hall–Kier alpha value is -2.26. The molecule has 0 unspecified atom stereocenters. The number of aromatic amines is 1. The number of rotatable bonds is 10. The van der Waals surface area contributed by atoms with Crippen molar-refractivity contribution in [3.8, 4) is 6.19 Å². The lowest BCUT2D eigenvalue weighted by molar-refractivity contribution is 0.582. The summed E-state index contributed by atoms with van der Waals surface area (Å²) < 4.78 is 26.8. The molecule has 1 heterocycles. The Bertz CT molecular complexity index is 953. The van der Waals surface area contributed by atoms with Crippen LogP contribution in [0.2, 0.25) is 5.02 Å². The van der Waals surface area contributed by atoms with Crippen molar-refractivity contribution in [3.63, 3.8) is 0 Å². The highest BCUT2D eigenvalue weighted by molar-refractivity contribution is 7.98. The molecule has 0 aliphatic rings. The van der Waals surface area contributed by atoms with Crippen molar-refractivity contribution in [1.29, 1.82) is 5.26 Å². The Morgan fingerprint density at radius 1 is 1.34 bits per heavy atom. The van der Waals surface area contributed by atoms with E-state index in [0.717, 1.165) is 22.9 Å². The van der Waals surface area contributed by atoms with Gasteiger partial charge in [-0.1, -0.05) is 11.6 Å². The average molecular weight is 456 g/mol. The largest absolute Gasteiger partial charge is 0.355 e. The minimum Gasteiger partial charge on any atom is -0.355 e. The number of nitrogens with zero attached hydrogens (tertiary/aromatic N) is 3. The lowest BCUT2D eigenvalue weighted by Crippen LogP contribution is -2.37. The van der Waals surface area contributed by atoms with Crippen LogP contribution in [0.25, 0.3) is 0 Å². The van der Waals surface area contributed by atoms with Crippen molar-refractivity contribution in [1.82, 2.24) is 25.3 Å². The molecule has 0 bridgehead atoms. The topological polar surface area (TPSA) is 135 Å². The number of hydrogen-bond donors (Lipinski definition) is 4. The highest BCUT2D eigenvalue weighted by Gasteiger charge is 2.12. The fourth-order valence-electron chi connectivity index (χ4n) is 2.18. The molecule has 1 aromatic heterocycles. The molecule has 2 rings (SSSR count). The Morgan fingerprint density at radius 3 is 2.76 bits per heavy atom. The lowest BCUT2D eigenvalue weighted by atomic mass is 10.4. The van der Waals surface area contributed by atoms with Gasteiger partial charge in [0.1, 0.15) is 0 Å². The number of halogens is 1. The maximum Gasteiger partial charge on any atom is 0.240 e. The third-order valence-corrected chi connectivity index (χ3v) is 6.38. The van der Waals surface area contributed by atoms with Crippen LogP contribution in [-0.4, -0.2) is 49.7 Å². The zero-order chi connectivity index (χ0) is 21.1. The molecule has 0 radical (unpaired) electrons. The molecule has 1 aromatic carbocycles. The van der Waals surface area contributed by atoms with E-state index in [0.29, 0.717) is 17.5 Å². The normalized spacial score (nSPS) is 11.8. The maximum absolute atomic E-state index is 12.2. The van der Waals surface area contributed by atoms with Crippen molar-refractivity contribution in [2.24, 2.45) is 4.99 Å². The quantitative estimate of drug-likeness (QED) is 0.140. The van der Waals surface area contributed by atoms with Gasteiger partial charge in [-0.05, 0) is 31.2 Å². The predicted molar refractivity (Wildman–Crippen MR) is 115 cm³/mol. The first-order chi connectivity index (χ1) is 13.9. The van der Waals surface area contributed by atoms with E-state index in [1.165, 1.54) is 24.3 Å². The highest BCUT2D eigenvalue weighted by Crippen LogP contribution is 2.13. The number of guanidine groups is 1. The molecule has 0 amide bonds. The van der Waals surface area contributed by atoms with Gasteiger partial charge in [0, 0.05) is 35.3 Å². The second-order valence-corrected chi connectivity index (χ2v) is 9.08. The molecule has 156 valence electrons. The number of nitrogens with one attached hydrogen (secondary N) is 4. The molecule has 9 nitrogen and oxygen atoms in total. The Kier molecular flexibility index (Phi) is 9.27. The van der Waals surface area contributed by atoms with Crippen LogP contribution in [0, 0.1) is 18.4 Å². The van der Waals surface area contributed by atoms with Gasteiger partial charge in [-0.2, -0.15) is 17.0 Å². The number of nitriles is 1. The van der Waals surface area contributed by atoms with Crippen molar-refractivity contribution >= 4 is 39.3 Å². The monoisotopic (exact) mass is 455 g/mol. The number of aliphatic imine (C=N–C) groups is 1. The van der Waals surface area contributed by atoms with Crippen molar-refractivity contribution in [2.45, 2.75) is 17.6 Å². The molecule has 0 fully saturated rings. The van der Waals surface area contributed by atoms with E-state index in [2.05, 4.69) is 30.3 Å². The van der Waals surface area contributed by atoms with Crippen molar-refractivity contribution in [2.75, 3.05) is 25.4 Å². The third-order valence-electron chi connectivity index (χ3n) is 3.68. The van der Waals surface area contributed by atoms with Crippen LogP contribution < -0.4 is 15.4 Å². The number of sulfonamides is 1. The number of hydrogen-bond acceptors (Lipinski definition) is 6. The molecule has 0 spiro atoms. The van der Waals surface area contributed by atoms with Crippen LogP contribution >= 0.6 is 23.4 Å². The van der Waals surface area contributed by atoms with Gasteiger partial charge in [0.15, 0.2) is 6.19 Å². The summed E-state index contributed by atoms with van der Waals surface area (Å²) in [6.07, 6.45) is 3.48. The van der Waals surface area contributed by atoms with E-state index in [4.69, 9.17) is 16.9 Å². The summed E-state index contributed by atoms with van der Waals surface area (Å²) in [5.41, 5.74) is 2.08. The smallest absolute Gasteiger partial charge is 0.240 e. The van der Waals surface area contributed by atoms with Gasteiger partial charge >= 0.3 is 0 Å². The summed E-state index contributed by atoms with van der Waals surface area (Å²) in [5.74, 6) is 1.89. The zero-order valence-electron chi connectivity index (χ0n) is 15.8. The third kappa shape index (κ3) is 7.94. The number of imidazole rings is 1. The van der Waals surface area contributed by atoms with Crippen LogP contribution in [0.3, 0.4) is 0 Å². The van der Waals surface area contributed by atoms with Crippen molar-refractivity contribution in [3.05, 3.63) is 47.0 Å². The number of thioether (sulfide) groups is 1. The standard InChI is InChI=1S/C17H22ClN7O2S2/c1-13-16(24-12-23-13)10-28-9-8-21-17(22-11-19)20-6-7-25-29(26,27)15-4-2-14(18)3-5-15/h2-5,12,25H,6-10H2,1H3,(H,23,24)(H2,20,21,22). The zero-order valence-corrected chi connectivity index (χ0v) is 18.2. The summed E-state index contributed by atoms with van der Waals surface area (Å²) in [7, 11) is -3.63. The summed E-state index contributed by atoms with van der Waals surface area (Å²) in [6, 6.07) is 5.89. The summed E-state index contributed by atoms with van der Waals surface area (Å²) >= 11 is 7.47. The van der Waals surface area contributed by atoms with Crippen LogP contribution in [0.1, 0.15) is 11.4 Å². The molecule has 4 N–H and O–H groups in total. The van der Waals surface area contributed by atoms with Gasteiger partial charge in [-0.3, -0.25) is 10.3 Å². The molecule has 0 atom stereocenters. The Balaban J connectivity index is 1.73. The highest BCUT2D eigenvalue weighted by atomic mass is 35.5. The van der Waals surface area contributed by atoms with E-state index in [-0.39, 0.29) is 18.0 Å². The fraction of sp³-hybridized carbons (Fsp3) is 0.353. The van der Waals surface area contributed by atoms with Gasteiger partial charge in [0.05, 0.1) is 23.5 Å². The fourth-order valence-corrected chi connectivity index (χ4v) is 4.20. The summed E-state index contributed by atoms with van der Waals surface area (Å²) in [6.45, 7) is 2.84. The van der Waals surface area contributed by atoms with Gasteiger partial charge in [0.25, 0.3) is 0 Å². The molecular weight excluding hydrogens is 434 g/mol. The molecule has 0 saturated heterocycles. The van der Waals surface area contributed by atoms with Gasteiger partial charge in [0.2, 0.25) is 16.0 Å². The molecule has 0 aliphatic heterocycles. The number of aromatic nitrogens is 2. The van der Waals surface area contributed by atoms with E-state index in [1.807, 2.05) is 13.1 Å². The van der Waals surface area contributed by atoms with Gasteiger partial charge in [-0.15, -0.1) is 0 Å². The van der Waals surface area contributed by atoms with Crippen LogP contribution in [0.5, 0.6) is 0 Å².